The van der Waals surface area contributed by atoms with Crippen LogP contribution in [0.5, 0.6) is 5.75 Å². The zero-order valence-electron chi connectivity index (χ0n) is 22.6. The first kappa shape index (κ1) is 28.0. The Hall–Kier alpha value is -3.15. The molecule has 13 heteroatoms. The number of ether oxygens (including phenoxy) is 2. The SMILES string of the molecule is C[C@@]12C(=O)O[C@]3(CC[C@@H]1O)[C@@H]1CC[C@@H]4C[C@]1(C[C@@H]4CS(=O)CCOC(=O)c1ccc(N=[N+]=[N-])cc1O)[C@@H](C(=O)O)[C@@H]32. The third-order valence-electron chi connectivity index (χ3n) is 11.0. The van der Waals surface area contributed by atoms with Crippen molar-refractivity contribution >= 4 is 34.4 Å². The lowest BCUT2D eigenvalue weighted by Crippen LogP contribution is -2.53. The standard InChI is InChI=1S/C28H33N3O9S/c1-26-20(33)6-7-28(40-25(26)37)19-5-2-14-11-27(19,21(22(26)28)23(34)35)12-15(14)13-41(38)9-8-39-24(36)17-4-3-16(30-31-29)10-18(17)32/h3-4,10,14-15,19-22,32-33H,2,5-9,11-13H2,1H3,(H,34,35)/t14-,15-,19-,20+,21-,22-,26-,27-,28-,41?/m1/s1. The molecule has 1 aromatic rings. The van der Waals surface area contributed by atoms with Crippen LogP contribution in [0.1, 0.15) is 55.8 Å². The molecule has 4 saturated carbocycles. The van der Waals surface area contributed by atoms with E-state index in [0.717, 1.165) is 18.9 Å². The van der Waals surface area contributed by atoms with Crippen molar-refractivity contribution in [2.24, 2.45) is 45.5 Å². The third kappa shape index (κ3) is 3.92. The average Bonchev–Trinajstić information content (AvgIpc) is 3.39. The molecule has 4 aliphatic carbocycles. The number of carbonyl (C=O) groups is 3. The Kier molecular flexibility index (Phi) is 6.63. The van der Waals surface area contributed by atoms with Gasteiger partial charge in [0.2, 0.25) is 0 Å². The van der Waals surface area contributed by atoms with Crippen LogP contribution < -0.4 is 0 Å². The van der Waals surface area contributed by atoms with Crippen LogP contribution in [0.15, 0.2) is 23.3 Å². The second kappa shape index (κ2) is 9.71. The molecule has 5 fully saturated rings. The number of hydrogen-bond acceptors (Lipinski definition) is 9. The van der Waals surface area contributed by atoms with Crippen LogP contribution in [0.4, 0.5) is 5.69 Å². The molecule has 1 unspecified atom stereocenters. The van der Waals surface area contributed by atoms with Gasteiger partial charge in [0, 0.05) is 39.0 Å². The zero-order valence-corrected chi connectivity index (χ0v) is 23.4. The molecule has 4 bridgehead atoms. The van der Waals surface area contributed by atoms with Gasteiger partial charge in [0.15, 0.2) is 0 Å². The van der Waals surface area contributed by atoms with Gasteiger partial charge in [0.05, 0.1) is 23.2 Å². The lowest BCUT2D eigenvalue weighted by Gasteiger charge is -2.44. The number of hydrogen-bond donors (Lipinski definition) is 3. The van der Waals surface area contributed by atoms with Crippen LogP contribution in [0.25, 0.3) is 10.4 Å². The van der Waals surface area contributed by atoms with E-state index in [1.165, 1.54) is 12.1 Å². The van der Waals surface area contributed by atoms with Crippen molar-refractivity contribution in [1.82, 2.24) is 0 Å². The fourth-order valence-electron chi connectivity index (χ4n) is 9.52. The Morgan fingerprint density at radius 1 is 1.27 bits per heavy atom. The highest BCUT2D eigenvalue weighted by molar-refractivity contribution is 7.85. The second-order valence-electron chi connectivity index (χ2n) is 12.6. The fraction of sp³-hybridized carbons (Fsp3) is 0.679. The van der Waals surface area contributed by atoms with Crippen LogP contribution in [-0.4, -0.2) is 67.3 Å². The summed E-state index contributed by atoms with van der Waals surface area (Å²) in [4.78, 5) is 41.0. The smallest absolute Gasteiger partial charge is 0.341 e. The largest absolute Gasteiger partial charge is 0.507 e. The van der Waals surface area contributed by atoms with Gasteiger partial charge in [-0.25, -0.2) is 4.79 Å². The normalized spacial score (nSPS) is 40.6. The molecule has 1 spiro atoms. The average molecular weight is 588 g/mol. The molecule has 6 rings (SSSR count). The molecular formula is C28H33N3O9S. The molecular weight excluding hydrogens is 554 g/mol. The van der Waals surface area contributed by atoms with E-state index in [1.54, 1.807) is 6.92 Å². The van der Waals surface area contributed by atoms with Crippen LogP contribution >= 0.6 is 0 Å². The maximum atomic E-state index is 13.1. The van der Waals surface area contributed by atoms with Gasteiger partial charge in [0.25, 0.3) is 0 Å². The van der Waals surface area contributed by atoms with E-state index in [1.807, 2.05) is 0 Å². The van der Waals surface area contributed by atoms with Gasteiger partial charge in [-0.05, 0) is 80.4 Å². The number of esters is 2. The van der Waals surface area contributed by atoms with Crippen LogP contribution in [0, 0.1) is 40.4 Å². The van der Waals surface area contributed by atoms with Crippen LogP contribution in [-0.2, 0) is 29.9 Å². The molecule has 5 aliphatic rings. The molecule has 220 valence electrons. The van der Waals surface area contributed by atoms with Crippen molar-refractivity contribution in [3.8, 4) is 5.75 Å². The number of fused-ring (bicyclic) bond motifs is 1. The summed E-state index contributed by atoms with van der Waals surface area (Å²) in [6, 6.07) is 3.81. The number of phenols is 1. The summed E-state index contributed by atoms with van der Waals surface area (Å²) in [5, 5.41) is 34.8. The number of nitrogens with zero attached hydrogens (tertiary/aromatic N) is 3. The van der Waals surface area contributed by atoms with Gasteiger partial charge in [-0.2, -0.15) is 0 Å². The van der Waals surface area contributed by atoms with Crippen molar-refractivity contribution in [3.05, 3.63) is 34.2 Å². The van der Waals surface area contributed by atoms with Gasteiger partial charge >= 0.3 is 17.9 Å². The summed E-state index contributed by atoms with van der Waals surface area (Å²) < 4.78 is 24.5. The van der Waals surface area contributed by atoms with E-state index in [0.29, 0.717) is 31.4 Å². The predicted molar refractivity (Wildman–Crippen MR) is 143 cm³/mol. The van der Waals surface area contributed by atoms with Gasteiger partial charge in [0.1, 0.15) is 23.5 Å². The summed E-state index contributed by atoms with van der Waals surface area (Å²) in [6.45, 7) is 1.55. The maximum absolute atomic E-state index is 13.1. The zero-order chi connectivity index (χ0) is 29.3. The summed E-state index contributed by atoms with van der Waals surface area (Å²) in [7, 11) is -1.34. The summed E-state index contributed by atoms with van der Waals surface area (Å²) in [5.41, 5.74) is 5.85. The number of phenolic OH excluding ortho intramolecular Hbond substituents is 1. The molecule has 3 N–H and O–H groups in total. The molecule has 1 saturated heterocycles. The fourth-order valence-corrected chi connectivity index (χ4v) is 10.8. The van der Waals surface area contributed by atoms with Crippen molar-refractivity contribution in [2.75, 3.05) is 18.1 Å². The maximum Gasteiger partial charge on any atom is 0.341 e. The molecule has 0 radical (unpaired) electrons. The van der Waals surface area contributed by atoms with Gasteiger partial charge in [-0.1, -0.05) is 11.2 Å². The first-order valence-electron chi connectivity index (χ1n) is 14.0. The predicted octanol–water partition coefficient (Wildman–Crippen LogP) is 3.45. The highest BCUT2D eigenvalue weighted by Crippen LogP contribution is 2.78. The van der Waals surface area contributed by atoms with Crippen molar-refractivity contribution in [2.45, 2.75) is 57.2 Å². The Labute approximate surface area is 238 Å². The van der Waals surface area contributed by atoms with Crippen molar-refractivity contribution in [1.29, 1.82) is 0 Å². The van der Waals surface area contributed by atoms with Crippen molar-refractivity contribution < 1.29 is 43.4 Å². The Bertz CT molecular complexity index is 1400. The number of carboxylic acid groups (broad SMARTS) is 1. The van der Waals surface area contributed by atoms with Gasteiger partial charge in [-0.3, -0.25) is 13.8 Å². The quantitative estimate of drug-likeness (QED) is 0.176. The lowest BCUT2D eigenvalue weighted by atomic mass is 9.59. The number of aromatic hydroxyl groups is 1. The number of aliphatic carboxylic acids is 1. The van der Waals surface area contributed by atoms with E-state index >= 15 is 0 Å². The molecule has 1 aliphatic heterocycles. The van der Waals surface area contributed by atoms with Gasteiger partial charge in [-0.15, -0.1) is 0 Å². The van der Waals surface area contributed by atoms with E-state index in [2.05, 4.69) is 10.0 Å². The Balaban J connectivity index is 1.14. The Morgan fingerprint density at radius 2 is 2.05 bits per heavy atom. The molecule has 1 heterocycles. The minimum absolute atomic E-state index is 0.0270. The number of carbonyl (C=O) groups excluding carboxylic acids is 2. The van der Waals surface area contributed by atoms with E-state index in [9.17, 15) is 33.9 Å². The topological polar surface area (TPSA) is 196 Å². The highest BCUT2D eigenvalue weighted by Gasteiger charge is 2.83. The first-order valence-corrected chi connectivity index (χ1v) is 15.5. The lowest BCUT2D eigenvalue weighted by molar-refractivity contribution is -0.162. The number of rotatable bonds is 8. The van der Waals surface area contributed by atoms with E-state index < -0.39 is 68.8 Å². The third-order valence-corrected chi connectivity index (χ3v) is 12.4. The summed E-state index contributed by atoms with van der Waals surface area (Å²) in [5.74, 6) is -3.45. The molecule has 0 amide bonds. The van der Waals surface area contributed by atoms with E-state index in [-0.39, 0.29) is 41.4 Å². The number of carboxylic acids is 1. The number of aliphatic hydroxyl groups excluding tert-OH is 1. The second-order valence-corrected chi connectivity index (χ2v) is 14.2. The van der Waals surface area contributed by atoms with Crippen LogP contribution in [0.2, 0.25) is 0 Å². The van der Waals surface area contributed by atoms with Crippen molar-refractivity contribution in [3.63, 3.8) is 0 Å². The summed E-state index contributed by atoms with van der Waals surface area (Å²) in [6.07, 6.45) is 2.77. The molecule has 0 aromatic heterocycles. The molecule has 12 nitrogen and oxygen atoms in total. The number of aliphatic hydroxyl groups is 1. The van der Waals surface area contributed by atoms with Gasteiger partial charge < -0.3 is 24.8 Å². The number of azide groups is 1. The monoisotopic (exact) mass is 587 g/mol. The molecule has 10 atom stereocenters. The highest BCUT2D eigenvalue weighted by atomic mass is 32.2. The molecule has 1 aromatic carbocycles. The Morgan fingerprint density at radius 3 is 2.76 bits per heavy atom. The molecule has 41 heavy (non-hydrogen) atoms. The minimum Gasteiger partial charge on any atom is -0.507 e. The minimum atomic E-state index is -1.34. The van der Waals surface area contributed by atoms with Crippen LogP contribution in [0.3, 0.4) is 0 Å². The van der Waals surface area contributed by atoms with E-state index in [4.69, 9.17) is 15.0 Å². The number of benzene rings is 1. The first-order chi connectivity index (χ1) is 19.5. The summed E-state index contributed by atoms with van der Waals surface area (Å²) >= 11 is 0.